The molecule has 0 aromatic carbocycles. The normalized spacial score (nSPS) is 20.1. The highest BCUT2D eigenvalue weighted by molar-refractivity contribution is 7.87. The van der Waals surface area contributed by atoms with Crippen molar-refractivity contribution in [1.82, 2.24) is 14.3 Å². The fraction of sp³-hybridized carbons (Fsp3) is 0.917. The third kappa shape index (κ3) is 6.06. The van der Waals surface area contributed by atoms with Crippen LogP contribution in [0.4, 0.5) is 4.79 Å². The summed E-state index contributed by atoms with van der Waals surface area (Å²) in [7, 11) is -2.37. The van der Waals surface area contributed by atoms with Crippen LogP contribution in [0.1, 0.15) is 39.5 Å². The van der Waals surface area contributed by atoms with Gasteiger partial charge in [0.15, 0.2) is 0 Å². The molecule has 1 fully saturated rings. The smallest absolute Gasteiger partial charge is 0.422 e. The number of rotatable bonds is 6. The highest BCUT2D eigenvalue weighted by atomic mass is 32.2. The molecule has 1 unspecified atom stereocenters. The second kappa shape index (κ2) is 7.80. The Bertz CT molecular complexity index is 405. The van der Waals surface area contributed by atoms with Gasteiger partial charge >= 0.3 is 16.3 Å². The minimum atomic E-state index is -3.82. The third-order valence-electron chi connectivity index (χ3n) is 3.17. The maximum absolute atomic E-state index is 11.9. The molecular formula is C12H25N3O4S. The average Bonchev–Trinajstić information content (AvgIpc) is 2.35. The summed E-state index contributed by atoms with van der Waals surface area (Å²) < 4.78 is 31.6. The topological polar surface area (TPSA) is 87.7 Å². The fourth-order valence-electron chi connectivity index (χ4n) is 2.05. The molecule has 0 bridgehead atoms. The highest BCUT2D eigenvalue weighted by Crippen LogP contribution is 2.11. The van der Waals surface area contributed by atoms with Gasteiger partial charge in [0, 0.05) is 19.6 Å². The first kappa shape index (κ1) is 17.2. The van der Waals surface area contributed by atoms with Crippen molar-refractivity contribution in [2.45, 2.75) is 51.7 Å². The van der Waals surface area contributed by atoms with Crippen LogP contribution >= 0.6 is 0 Å². The Hall–Kier alpha value is -0.860. The van der Waals surface area contributed by atoms with Gasteiger partial charge < -0.3 is 10.1 Å². The standard InChI is InChI=1S/C12H25N3O4S/c1-10(2)19-12(16)14-20(17,18)15(3)9-7-11-6-4-5-8-13-11/h10-11,13H,4-9H2,1-3H3,(H,14,16). The van der Waals surface area contributed by atoms with Crippen LogP contribution in [0.5, 0.6) is 0 Å². The van der Waals surface area contributed by atoms with E-state index in [1.165, 1.54) is 19.9 Å². The van der Waals surface area contributed by atoms with E-state index in [9.17, 15) is 13.2 Å². The van der Waals surface area contributed by atoms with Crippen LogP contribution in [-0.2, 0) is 14.9 Å². The van der Waals surface area contributed by atoms with Gasteiger partial charge in [0.25, 0.3) is 0 Å². The van der Waals surface area contributed by atoms with Gasteiger partial charge in [-0.05, 0) is 39.7 Å². The van der Waals surface area contributed by atoms with Crippen LogP contribution in [-0.4, -0.2) is 51.1 Å². The summed E-state index contributed by atoms with van der Waals surface area (Å²) in [6, 6.07) is 0.351. The lowest BCUT2D eigenvalue weighted by atomic mass is 10.0. The van der Waals surface area contributed by atoms with E-state index in [2.05, 4.69) is 5.32 Å². The van der Waals surface area contributed by atoms with Gasteiger partial charge in [-0.3, -0.25) is 0 Å². The van der Waals surface area contributed by atoms with Crippen molar-refractivity contribution in [3.63, 3.8) is 0 Å². The number of amides is 1. The Morgan fingerprint density at radius 1 is 1.45 bits per heavy atom. The molecule has 0 saturated carbocycles. The summed E-state index contributed by atoms with van der Waals surface area (Å²) in [4.78, 5) is 11.3. The van der Waals surface area contributed by atoms with E-state index < -0.39 is 16.3 Å². The summed E-state index contributed by atoms with van der Waals surface area (Å²) in [5.74, 6) is 0. The number of carbonyl (C=O) groups is 1. The summed E-state index contributed by atoms with van der Waals surface area (Å²) in [5.41, 5.74) is 0. The summed E-state index contributed by atoms with van der Waals surface area (Å²) in [6.07, 6.45) is 2.85. The Balaban J connectivity index is 2.39. The van der Waals surface area contributed by atoms with E-state index in [1.54, 1.807) is 13.8 Å². The van der Waals surface area contributed by atoms with Crippen LogP contribution < -0.4 is 10.0 Å². The first-order valence-corrected chi connectivity index (χ1v) is 8.43. The second-order valence-electron chi connectivity index (χ2n) is 5.32. The number of hydrogen-bond donors (Lipinski definition) is 2. The lowest BCUT2D eigenvalue weighted by molar-refractivity contribution is 0.121. The van der Waals surface area contributed by atoms with Crippen molar-refractivity contribution in [1.29, 1.82) is 0 Å². The lowest BCUT2D eigenvalue weighted by Gasteiger charge is -2.25. The summed E-state index contributed by atoms with van der Waals surface area (Å²) in [5, 5.41) is 3.36. The van der Waals surface area contributed by atoms with Crippen LogP contribution in [0.15, 0.2) is 0 Å². The zero-order valence-corrected chi connectivity index (χ0v) is 13.2. The maximum Gasteiger partial charge on any atom is 0.422 e. The Morgan fingerprint density at radius 2 is 2.15 bits per heavy atom. The lowest BCUT2D eigenvalue weighted by Crippen LogP contribution is -2.44. The van der Waals surface area contributed by atoms with Gasteiger partial charge in [-0.2, -0.15) is 12.7 Å². The monoisotopic (exact) mass is 307 g/mol. The summed E-state index contributed by atoms with van der Waals surface area (Å²) in [6.45, 7) is 4.66. The molecule has 0 spiro atoms. The number of nitrogens with zero attached hydrogens (tertiary/aromatic N) is 1. The number of ether oxygens (including phenoxy) is 1. The molecule has 20 heavy (non-hydrogen) atoms. The van der Waals surface area contributed by atoms with Gasteiger partial charge in [-0.15, -0.1) is 0 Å². The molecule has 0 aliphatic carbocycles. The third-order valence-corrected chi connectivity index (χ3v) is 4.60. The van der Waals surface area contributed by atoms with Crippen molar-refractivity contribution in [2.24, 2.45) is 0 Å². The molecule has 0 radical (unpaired) electrons. The van der Waals surface area contributed by atoms with Gasteiger partial charge in [-0.25, -0.2) is 9.52 Å². The van der Waals surface area contributed by atoms with Gasteiger partial charge in [-0.1, -0.05) is 6.42 Å². The predicted octanol–water partition coefficient (Wildman–Crippen LogP) is 0.830. The Morgan fingerprint density at radius 3 is 2.70 bits per heavy atom. The van der Waals surface area contributed by atoms with E-state index in [1.807, 2.05) is 4.72 Å². The van der Waals surface area contributed by atoms with E-state index in [0.717, 1.165) is 23.7 Å². The molecule has 118 valence electrons. The Labute approximate surface area is 121 Å². The number of nitrogens with one attached hydrogen (secondary N) is 2. The maximum atomic E-state index is 11.9. The zero-order valence-electron chi connectivity index (χ0n) is 12.4. The largest absolute Gasteiger partial charge is 0.446 e. The van der Waals surface area contributed by atoms with E-state index in [-0.39, 0.29) is 6.10 Å². The molecule has 0 aromatic rings. The first-order valence-electron chi connectivity index (χ1n) is 6.99. The zero-order chi connectivity index (χ0) is 15.2. The molecular weight excluding hydrogens is 282 g/mol. The van der Waals surface area contributed by atoms with E-state index in [4.69, 9.17) is 4.74 Å². The van der Waals surface area contributed by atoms with Crippen molar-refractivity contribution >= 4 is 16.3 Å². The molecule has 1 atom stereocenters. The van der Waals surface area contributed by atoms with E-state index in [0.29, 0.717) is 12.6 Å². The highest BCUT2D eigenvalue weighted by Gasteiger charge is 2.23. The second-order valence-corrected chi connectivity index (χ2v) is 7.10. The molecule has 0 aromatic heterocycles. The SMILES string of the molecule is CC(C)OC(=O)NS(=O)(=O)N(C)CCC1CCCCN1. The molecule has 1 heterocycles. The fourth-order valence-corrected chi connectivity index (χ4v) is 2.81. The molecule has 7 nitrogen and oxygen atoms in total. The summed E-state index contributed by atoms with van der Waals surface area (Å²) >= 11 is 0. The van der Waals surface area contributed by atoms with Crippen molar-refractivity contribution in [3.05, 3.63) is 0 Å². The molecule has 8 heteroatoms. The minimum Gasteiger partial charge on any atom is -0.446 e. The van der Waals surface area contributed by atoms with Crippen LogP contribution in [0.3, 0.4) is 0 Å². The minimum absolute atomic E-state index is 0.351. The average molecular weight is 307 g/mol. The molecule has 1 saturated heterocycles. The van der Waals surface area contributed by atoms with Crippen LogP contribution in [0.2, 0.25) is 0 Å². The number of carbonyl (C=O) groups excluding carboxylic acids is 1. The number of piperidine rings is 1. The number of hydrogen-bond acceptors (Lipinski definition) is 5. The molecule has 2 N–H and O–H groups in total. The molecule has 1 aliphatic heterocycles. The predicted molar refractivity (Wildman–Crippen MR) is 76.6 cm³/mol. The van der Waals surface area contributed by atoms with Crippen molar-refractivity contribution < 1.29 is 17.9 Å². The van der Waals surface area contributed by atoms with Crippen molar-refractivity contribution in [2.75, 3.05) is 20.1 Å². The molecule has 1 rings (SSSR count). The molecule has 1 aliphatic rings. The van der Waals surface area contributed by atoms with Gasteiger partial charge in [0.2, 0.25) is 0 Å². The van der Waals surface area contributed by atoms with Gasteiger partial charge in [0.1, 0.15) is 0 Å². The molecule has 1 amide bonds. The van der Waals surface area contributed by atoms with E-state index >= 15 is 0 Å². The quantitative estimate of drug-likeness (QED) is 0.759. The van der Waals surface area contributed by atoms with Crippen LogP contribution in [0.25, 0.3) is 0 Å². The van der Waals surface area contributed by atoms with Crippen LogP contribution in [0, 0.1) is 0 Å². The van der Waals surface area contributed by atoms with Crippen molar-refractivity contribution in [3.8, 4) is 0 Å². The first-order chi connectivity index (χ1) is 9.31. The Kier molecular flexibility index (Phi) is 6.70. The van der Waals surface area contributed by atoms with Gasteiger partial charge in [0.05, 0.1) is 6.10 Å².